The van der Waals surface area contributed by atoms with Crippen LogP contribution in [0.5, 0.6) is 0 Å². The molecule has 4 nitrogen and oxygen atoms in total. The molecule has 2 aromatic rings. The first kappa shape index (κ1) is 12.1. The molecule has 2 aromatic carbocycles. The van der Waals surface area contributed by atoms with Crippen molar-refractivity contribution in [2.45, 2.75) is 6.54 Å². The van der Waals surface area contributed by atoms with Gasteiger partial charge >= 0.3 is 0 Å². The number of benzene rings is 2. The van der Waals surface area contributed by atoms with Gasteiger partial charge in [0.15, 0.2) is 0 Å². The fourth-order valence-corrected chi connectivity index (χ4v) is 1.61. The maximum absolute atomic E-state index is 11.8. The predicted molar refractivity (Wildman–Crippen MR) is 71.9 cm³/mol. The van der Waals surface area contributed by atoms with Crippen LogP contribution in [-0.4, -0.2) is 5.91 Å². The van der Waals surface area contributed by atoms with Crippen LogP contribution in [0.4, 0.5) is 5.69 Å². The summed E-state index contributed by atoms with van der Waals surface area (Å²) in [6.07, 6.45) is 0. The fraction of sp³-hybridized carbons (Fsp3) is 0.0714. The molecule has 4 heteroatoms. The number of hydrazine groups is 1. The van der Waals surface area contributed by atoms with E-state index in [-0.39, 0.29) is 5.91 Å². The summed E-state index contributed by atoms with van der Waals surface area (Å²) < 4.78 is 0. The summed E-state index contributed by atoms with van der Waals surface area (Å²) >= 11 is 0. The Morgan fingerprint density at radius 3 is 2.39 bits per heavy atom. The van der Waals surface area contributed by atoms with Gasteiger partial charge in [0, 0.05) is 12.1 Å². The van der Waals surface area contributed by atoms with E-state index in [1.54, 1.807) is 12.1 Å². The van der Waals surface area contributed by atoms with Crippen molar-refractivity contribution in [1.29, 1.82) is 0 Å². The molecule has 0 unspecified atom stereocenters. The molecular weight excluding hydrogens is 226 g/mol. The lowest BCUT2D eigenvalue weighted by molar-refractivity contribution is 0.0962. The van der Waals surface area contributed by atoms with E-state index in [1.807, 2.05) is 42.5 Å². The molecule has 0 radical (unpaired) electrons. The lowest BCUT2D eigenvalue weighted by Crippen LogP contribution is -2.29. The molecule has 0 bridgehead atoms. The van der Waals surface area contributed by atoms with E-state index >= 15 is 0 Å². The molecule has 4 N–H and O–H groups in total. The highest BCUT2D eigenvalue weighted by Crippen LogP contribution is 2.12. The first-order valence-electron chi connectivity index (χ1n) is 5.70. The lowest BCUT2D eigenvalue weighted by Gasteiger charge is -2.11. The van der Waals surface area contributed by atoms with Gasteiger partial charge in [0.05, 0.1) is 5.69 Å². The number of amides is 1. The number of anilines is 1. The van der Waals surface area contributed by atoms with Gasteiger partial charge < -0.3 is 5.73 Å². The normalized spacial score (nSPS) is 9.83. The van der Waals surface area contributed by atoms with Crippen molar-refractivity contribution < 1.29 is 4.79 Å². The summed E-state index contributed by atoms with van der Waals surface area (Å²) in [6, 6.07) is 16.6. The van der Waals surface area contributed by atoms with E-state index in [2.05, 4.69) is 10.9 Å². The third-order valence-corrected chi connectivity index (χ3v) is 2.58. The van der Waals surface area contributed by atoms with Crippen molar-refractivity contribution in [1.82, 2.24) is 5.43 Å². The molecule has 0 fully saturated rings. The van der Waals surface area contributed by atoms with Gasteiger partial charge in [-0.3, -0.25) is 15.6 Å². The third-order valence-electron chi connectivity index (χ3n) is 2.58. The Morgan fingerprint density at radius 2 is 1.67 bits per heavy atom. The van der Waals surface area contributed by atoms with Crippen LogP contribution in [0.15, 0.2) is 54.6 Å². The Labute approximate surface area is 106 Å². The molecule has 18 heavy (non-hydrogen) atoms. The second-order valence-corrected chi connectivity index (χ2v) is 3.81. The SMILES string of the molecule is NCc1ccccc1NNC(=O)c1ccccc1. The van der Waals surface area contributed by atoms with Crippen molar-refractivity contribution in [2.24, 2.45) is 5.73 Å². The van der Waals surface area contributed by atoms with E-state index in [1.165, 1.54) is 0 Å². The Hall–Kier alpha value is -2.33. The minimum Gasteiger partial charge on any atom is -0.326 e. The number of carbonyl (C=O) groups excluding carboxylic acids is 1. The van der Waals surface area contributed by atoms with E-state index in [9.17, 15) is 4.79 Å². The van der Waals surface area contributed by atoms with Gasteiger partial charge in [0.2, 0.25) is 0 Å². The Morgan fingerprint density at radius 1 is 1.00 bits per heavy atom. The molecular formula is C14H15N3O. The molecule has 0 saturated heterocycles. The third kappa shape index (κ3) is 2.87. The highest BCUT2D eigenvalue weighted by Gasteiger charge is 2.04. The Kier molecular flexibility index (Phi) is 3.94. The van der Waals surface area contributed by atoms with E-state index in [0.29, 0.717) is 12.1 Å². The number of carbonyl (C=O) groups is 1. The first-order valence-corrected chi connectivity index (χ1v) is 5.70. The lowest BCUT2D eigenvalue weighted by atomic mass is 10.2. The van der Waals surface area contributed by atoms with E-state index in [0.717, 1.165) is 11.3 Å². The van der Waals surface area contributed by atoms with Crippen molar-refractivity contribution in [3.8, 4) is 0 Å². The van der Waals surface area contributed by atoms with Crippen molar-refractivity contribution >= 4 is 11.6 Å². The second kappa shape index (κ2) is 5.84. The van der Waals surface area contributed by atoms with Crippen molar-refractivity contribution in [3.63, 3.8) is 0 Å². The van der Waals surface area contributed by atoms with Gasteiger partial charge in [-0.2, -0.15) is 0 Å². The smallest absolute Gasteiger partial charge is 0.269 e. The molecule has 0 saturated carbocycles. The van der Waals surface area contributed by atoms with Gasteiger partial charge in [-0.25, -0.2) is 0 Å². The monoisotopic (exact) mass is 241 g/mol. The molecule has 0 aliphatic heterocycles. The number of rotatable bonds is 4. The van der Waals surface area contributed by atoms with Gasteiger partial charge in [0.25, 0.3) is 5.91 Å². The van der Waals surface area contributed by atoms with Crippen LogP contribution in [0.1, 0.15) is 15.9 Å². The summed E-state index contributed by atoms with van der Waals surface area (Å²) in [5.41, 5.74) is 13.5. The van der Waals surface area contributed by atoms with Crippen molar-refractivity contribution in [3.05, 3.63) is 65.7 Å². The van der Waals surface area contributed by atoms with Crippen LogP contribution in [-0.2, 0) is 6.54 Å². The Bertz CT molecular complexity index is 526. The number of nitrogens with two attached hydrogens (primary N) is 1. The van der Waals surface area contributed by atoms with Gasteiger partial charge in [-0.15, -0.1) is 0 Å². The van der Waals surface area contributed by atoms with Gasteiger partial charge in [-0.1, -0.05) is 36.4 Å². The summed E-state index contributed by atoms with van der Waals surface area (Å²) in [4.78, 5) is 11.8. The van der Waals surface area contributed by atoms with Crippen LogP contribution in [0.3, 0.4) is 0 Å². The summed E-state index contributed by atoms with van der Waals surface area (Å²) in [7, 11) is 0. The molecule has 0 atom stereocenters. The van der Waals surface area contributed by atoms with Crippen molar-refractivity contribution in [2.75, 3.05) is 5.43 Å². The summed E-state index contributed by atoms with van der Waals surface area (Å²) in [6.45, 7) is 0.421. The van der Waals surface area contributed by atoms with Crippen LogP contribution in [0.25, 0.3) is 0 Å². The Balaban J connectivity index is 2.02. The van der Waals surface area contributed by atoms with Crippen LogP contribution >= 0.6 is 0 Å². The fourth-order valence-electron chi connectivity index (χ4n) is 1.61. The molecule has 1 amide bonds. The molecule has 0 aliphatic rings. The number of hydrogen-bond donors (Lipinski definition) is 3. The predicted octanol–water partition coefficient (Wildman–Crippen LogP) is 1.90. The molecule has 2 rings (SSSR count). The van der Waals surface area contributed by atoms with E-state index < -0.39 is 0 Å². The minimum atomic E-state index is -0.178. The number of para-hydroxylation sites is 1. The van der Waals surface area contributed by atoms with Crippen LogP contribution < -0.4 is 16.6 Å². The molecule has 0 spiro atoms. The highest BCUT2D eigenvalue weighted by molar-refractivity contribution is 5.94. The molecule has 0 aromatic heterocycles. The maximum Gasteiger partial charge on any atom is 0.269 e. The quantitative estimate of drug-likeness (QED) is 0.716. The zero-order valence-corrected chi connectivity index (χ0v) is 9.89. The summed E-state index contributed by atoms with van der Waals surface area (Å²) in [5, 5.41) is 0. The second-order valence-electron chi connectivity index (χ2n) is 3.81. The molecule has 92 valence electrons. The minimum absolute atomic E-state index is 0.178. The largest absolute Gasteiger partial charge is 0.326 e. The standard InChI is InChI=1S/C14H15N3O/c15-10-12-8-4-5-9-13(12)16-17-14(18)11-6-2-1-3-7-11/h1-9,16H,10,15H2,(H,17,18). The van der Waals surface area contributed by atoms with Gasteiger partial charge in [-0.05, 0) is 23.8 Å². The van der Waals surface area contributed by atoms with Crippen LogP contribution in [0, 0.1) is 0 Å². The topological polar surface area (TPSA) is 67.2 Å². The van der Waals surface area contributed by atoms with E-state index in [4.69, 9.17) is 5.73 Å². The zero-order chi connectivity index (χ0) is 12.8. The first-order chi connectivity index (χ1) is 8.81. The average molecular weight is 241 g/mol. The maximum atomic E-state index is 11.8. The number of hydrogen-bond acceptors (Lipinski definition) is 3. The number of nitrogens with one attached hydrogen (secondary N) is 2. The molecule has 0 aliphatic carbocycles. The molecule has 0 heterocycles. The highest BCUT2D eigenvalue weighted by atomic mass is 16.2. The average Bonchev–Trinajstić information content (AvgIpc) is 2.46. The zero-order valence-electron chi connectivity index (χ0n) is 9.89. The van der Waals surface area contributed by atoms with Gasteiger partial charge in [0.1, 0.15) is 0 Å². The van der Waals surface area contributed by atoms with Crippen LogP contribution in [0.2, 0.25) is 0 Å². The summed E-state index contributed by atoms with van der Waals surface area (Å²) in [5.74, 6) is -0.178.